The van der Waals surface area contributed by atoms with Gasteiger partial charge in [-0.25, -0.2) is 0 Å². The predicted molar refractivity (Wildman–Crippen MR) is 111 cm³/mol. The highest BCUT2D eigenvalue weighted by molar-refractivity contribution is 6.05. The summed E-state index contributed by atoms with van der Waals surface area (Å²) in [5.41, 5.74) is 3.78. The number of aromatic nitrogens is 2. The van der Waals surface area contributed by atoms with Gasteiger partial charge in [-0.2, -0.15) is 5.10 Å². The molecular formula is C22H22N4O3. The van der Waals surface area contributed by atoms with Crippen molar-refractivity contribution in [1.29, 1.82) is 0 Å². The first-order valence-electron chi connectivity index (χ1n) is 9.25. The number of hydrogen-bond donors (Lipinski definition) is 3. The maximum absolute atomic E-state index is 12.4. The maximum Gasteiger partial charge on any atom is 0.255 e. The Morgan fingerprint density at radius 1 is 0.862 bits per heavy atom. The average molecular weight is 390 g/mol. The number of aromatic amines is 1. The lowest BCUT2D eigenvalue weighted by Gasteiger charge is -2.08. The fourth-order valence-electron chi connectivity index (χ4n) is 2.84. The molecule has 148 valence electrons. The number of H-pyrrole nitrogens is 1. The predicted octanol–water partition coefficient (Wildman–Crippen LogP) is 3.88. The molecule has 0 fully saturated rings. The molecule has 0 radical (unpaired) electrons. The van der Waals surface area contributed by atoms with Crippen LogP contribution in [0.5, 0.6) is 0 Å². The van der Waals surface area contributed by atoms with Gasteiger partial charge in [0.05, 0.1) is 17.1 Å². The van der Waals surface area contributed by atoms with Crippen LogP contribution in [0, 0.1) is 13.8 Å². The van der Waals surface area contributed by atoms with E-state index in [1.54, 1.807) is 55.5 Å². The number of anilines is 2. The van der Waals surface area contributed by atoms with Crippen molar-refractivity contribution in [2.24, 2.45) is 0 Å². The Hall–Kier alpha value is -3.74. The Bertz CT molecular complexity index is 1000. The van der Waals surface area contributed by atoms with Crippen LogP contribution in [0.3, 0.4) is 0 Å². The Labute approximate surface area is 168 Å². The van der Waals surface area contributed by atoms with Gasteiger partial charge in [0.25, 0.3) is 5.91 Å². The molecular weight excluding hydrogens is 368 g/mol. The first-order chi connectivity index (χ1) is 13.9. The van der Waals surface area contributed by atoms with Gasteiger partial charge in [-0.1, -0.05) is 30.3 Å². The molecule has 29 heavy (non-hydrogen) atoms. The summed E-state index contributed by atoms with van der Waals surface area (Å²) < 4.78 is 0. The van der Waals surface area contributed by atoms with Crippen molar-refractivity contribution in [2.45, 2.75) is 26.7 Å². The highest BCUT2D eigenvalue weighted by Gasteiger charge is 2.13. The molecule has 2 amide bonds. The van der Waals surface area contributed by atoms with Crippen molar-refractivity contribution >= 4 is 29.0 Å². The monoisotopic (exact) mass is 390 g/mol. The molecule has 7 nitrogen and oxygen atoms in total. The van der Waals surface area contributed by atoms with Crippen LogP contribution < -0.4 is 10.6 Å². The van der Waals surface area contributed by atoms with Crippen molar-refractivity contribution in [2.75, 3.05) is 10.6 Å². The third-order valence-corrected chi connectivity index (χ3v) is 4.47. The van der Waals surface area contributed by atoms with E-state index in [0.717, 1.165) is 5.69 Å². The number of Topliss-reactive ketones (excluding diaryl/α,β-unsaturated/α-hetero) is 1. The smallest absolute Gasteiger partial charge is 0.255 e. The number of aryl methyl sites for hydroxylation is 2. The Morgan fingerprint density at radius 2 is 1.55 bits per heavy atom. The summed E-state index contributed by atoms with van der Waals surface area (Å²) in [6.45, 7) is 3.64. The van der Waals surface area contributed by atoms with E-state index in [0.29, 0.717) is 28.2 Å². The lowest BCUT2D eigenvalue weighted by atomic mass is 10.1. The van der Waals surface area contributed by atoms with Gasteiger partial charge in [0.1, 0.15) is 0 Å². The molecule has 0 unspecified atom stereocenters. The number of carbonyl (C=O) groups is 3. The van der Waals surface area contributed by atoms with Crippen LogP contribution in [0.25, 0.3) is 0 Å². The molecule has 1 aromatic heterocycles. The minimum absolute atomic E-state index is 0.0717. The molecule has 0 saturated carbocycles. The molecule has 0 bridgehead atoms. The van der Waals surface area contributed by atoms with Crippen molar-refractivity contribution < 1.29 is 14.4 Å². The first-order valence-corrected chi connectivity index (χ1v) is 9.25. The van der Waals surface area contributed by atoms with E-state index < -0.39 is 0 Å². The Balaban J connectivity index is 1.52. The minimum atomic E-state index is -0.260. The quantitative estimate of drug-likeness (QED) is 0.533. The normalized spacial score (nSPS) is 10.4. The van der Waals surface area contributed by atoms with Crippen LogP contribution in [-0.2, 0) is 4.79 Å². The number of benzene rings is 2. The molecule has 0 saturated heterocycles. The number of amides is 2. The number of nitrogens with one attached hydrogen (secondary N) is 3. The first kappa shape index (κ1) is 20.0. The maximum atomic E-state index is 12.4. The lowest BCUT2D eigenvalue weighted by Crippen LogP contribution is -2.15. The zero-order valence-corrected chi connectivity index (χ0v) is 16.3. The van der Waals surface area contributed by atoms with Gasteiger partial charge < -0.3 is 10.6 Å². The molecule has 7 heteroatoms. The number of rotatable bonds is 7. The molecule has 3 aromatic rings. The summed E-state index contributed by atoms with van der Waals surface area (Å²) in [5, 5.41) is 12.4. The molecule has 3 rings (SSSR count). The highest BCUT2D eigenvalue weighted by atomic mass is 16.2. The van der Waals surface area contributed by atoms with Crippen LogP contribution in [0.15, 0.2) is 54.6 Å². The Kier molecular flexibility index (Phi) is 6.19. The average Bonchev–Trinajstić information content (AvgIpc) is 3.05. The summed E-state index contributed by atoms with van der Waals surface area (Å²) in [4.78, 5) is 36.6. The van der Waals surface area contributed by atoms with E-state index in [9.17, 15) is 14.4 Å². The highest BCUT2D eigenvalue weighted by Crippen LogP contribution is 2.18. The van der Waals surface area contributed by atoms with Crippen LogP contribution in [0.4, 0.5) is 11.4 Å². The van der Waals surface area contributed by atoms with Crippen molar-refractivity contribution in [1.82, 2.24) is 10.2 Å². The summed E-state index contributed by atoms with van der Waals surface area (Å²) in [5.74, 6) is -0.585. The number of hydrogen-bond acceptors (Lipinski definition) is 4. The molecule has 3 N–H and O–H groups in total. The Morgan fingerprint density at radius 3 is 2.17 bits per heavy atom. The minimum Gasteiger partial charge on any atom is -0.326 e. The zero-order chi connectivity index (χ0) is 20.8. The van der Waals surface area contributed by atoms with Gasteiger partial charge in [0.2, 0.25) is 5.91 Å². The van der Waals surface area contributed by atoms with E-state index in [1.807, 2.05) is 13.0 Å². The molecule has 0 atom stereocenters. The summed E-state index contributed by atoms with van der Waals surface area (Å²) in [7, 11) is 0. The lowest BCUT2D eigenvalue weighted by molar-refractivity contribution is -0.116. The number of ketones is 1. The van der Waals surface area contributed by atoms with Crippen LogP contribution in [-0.4, -0.2) is 27.8 Å². The van der Waals surface area contributed by atoms with Gasteiger partial charge >= 0.3 is 0 Å². The van der Waals surface area contributed by atoms with Crippen LogP contribution in [0.1, 0.15) is 44.9 Å². The molecule has 1 heterocycles. The summed E-state index contributed by atoms with van der Waals surface area (Å²) >= 11 is 0. The third kappa shape index (κ3) is 5.16. The van der Waals surface area contributed by atoms with Gasteiger partial charge in [-0.15, -0.1) is 0 Å². The van der Waals surface area contributed by atoms with E-state index >= 15 is 0 Å². The fourth-order valence-corrected chi connectivity index (χ4v) is 2.84. The van der Waals surface area contributed by atoms with Gasteiger partial charge in [-0.05, 0) is 38.1 Å². The summed E-state index contributed by atoms with van der Waals surface area (Å²) in [6, 6.07) is 15.5. The number of nitrogens with zero attached hydrogens (tertiary/aromatic N) is 1. The fraction of sp³-hybridized carbons (Fsp3) is 0.182. The molecule has 0 spiro atoms. The second-order valence-corrected chi connectivity index (χ2v) is 6.68. The zero-order valence-electron chi connectivity index (χ0n) is 16.3. The van der Waals surface area contributed by atoms with Crippen molar-refractivity contribution in [3.05, 3.63) is 77.1 Å². The molecule has 2 aromatic carbocycles. The van der Waals surface area contributed by atoms with Crippen LogP contribution >= 0.6 is 0 Å². The summed E-state index contributed by atoms with van der Waals surface area (Å²) in [6.07, 6.45) is 0.231. The van der Waals surface area contributed by atoms with E-state index in [2.05, 4.69) is 20.8 Å². The SMILES string of the molecule is Cc1n[nH]c(C)c1NC(=O)c1ccc(NC(=O)CCC(=O)c2ccccc2)cc1. The second-order valence-electron chi connectivity index (χ2n) is 6.68. The van der Waals surface area contributed by atoms with Gasteiger partial charge in [-0.3, -0.25) is 19.5 Å². The van der Waals surface area contributed by atoms with E-state index in [-0.39, 0.29) is 30.4 Å². The van der Waals surface area contributed by atoms with Crippen molar-refractivity contribution in [3.63, 3.8) is 0 Å². The van der Waals surface area contributed by atoms with E-state index in [1.165, 1.54) is 0 Å². The third-order valence-electron chi connectivity index (χ3n) is 4.47. The standard InChI is InChI=1S/C22H22N4O3/c1-14-21(15(2)26-25-14)24-22(29)17-8-10-18(11-9-17)23-20(28)13-12-19(27)16-6-4-3-5-7-16/h3-11H,12-13H2,1-2H3,(H,23,28)(H,24,29)(H,25,26). The second kappa shape index (κ2) is 8.97. The number of carbonyl (C=O) groups excluding carboxylic acids is 3. The molecule has 0 aliphatic heterocycles. The molecule has 0 aliphatic carbocycles. The van der Waals surface area contributed by atoms with Gasteiger partial charge in [0, 0.05) is 29.7 Å². The van der Waals surface area contributed by atoms with Crippen molar-refractivity contribution in [3.8, 4) is 0 Å². The topological polar surface area (TPSA) is 104 Å². The largest absolute Gasteiger partial charge is 0.326 e. The van der Waals surface area contributed by atoms with Gasteiger partial charge in [0.15, 0.2) is 5.78 Å². The van der Waals surface area contributed by atoms with Crippen LogP contribution in [0.2, 0.25) is 0 Å². The molecule has 0 aliphatic rings. The van der Waals surface area contributed by atoms with E-state index in [4.69, 9.17) is 0 Å².